The Morgan fingerprint density at radius 3 is 3.00 bits per heavy atom. The standard InChI is InChI=1S/C10H18O2/c1-2-12-8-10(11)9-6-4-3-5-7-9/h6,10-11H,2-5,7-8H2,1H3. The lowest BCUT2D eigenvalue weighted by atomic mass is 9.96. The van der Waals surface area contributed by atoms with E-state index in [1.807, 2.05) is 6.92 Å². The summed E-state index contributed by atoms with van der Waals surface area (Å²) in [5, 5.41) is 9.61. The lowest BCUT2D eigenvalue weighted by Gasteiger charge is -2.18. The lowest BCUT2D eigenvalue weighted by Crippen LogP contribution is -2.19. The van der Waals surface area contributed by atoms with Gasteiger partial charge in [-0.25, -0.2) is 0 Å². The first-order chi connectivity index (χ1) is 5.84. The van der Waals surface area contributed by atoms with Crippen molar-refractivity contribution in [1.29, 1.82) is 0 Å². The Bertz CT molecular complexity index is 152. The molecule has 1 aliphatic rings. The Balaban J connectivity index is 2.29. The quantitative estimate of drug-likeness (QED) is 0.653. The Morgan fingerprint density at radius 2 is 2.42 bits per heavy atom. The molecule has 0 saturated heterocycles. The van der Waals surface area contributed by atoms with Crippen molar-refractivity contribution in [2.24, 2.45) is 0 Å². The number of aliphatic hydroxyl groups excluding tert-OH is 1. The number of rotatable bonds is 4. The molecule has 0 aromatic heterocycles. The van der Waals surface area contributed by atoms with E-state index in [1.54, 1.807) is 0 Å². The molecule has 0 bridgehead atoms. The zero-order chi connectivity index (χ0) is 8.81. The van der Waals surface area contributed by atoms with E-state index in [4.69, 9.17) is 4.74 Å². The Hall–Kier alpha value is -0.340. The van der Waals surface area contributed by atoms with E-state index in [1.165, 1.54) is 18.4 Å². The molecule has 0 aliphatic heterocycles. The number of aliphatic hydroxyl groups is 1. The highest BCUT2D eigenvalue weighted by Crippen LogP contribution is 2.20. The first-order valence-electron chi connectivity index (χ1n) is 4.79. The van der Waals surface area contributed by atoms with E-state index in [9.17, 15) is 5.11 Å². The summed E-state index contributed by atoms with van der Waals surface area (Å²) in [5.74, 6) is 0. The third kappa shape index (κ3) is 2.95. The minimum absolute atomic E-state index is 0.356. The molecule has 0 spiro atoms. The summed E-state index contributed by atoms with van der Waals surface area (Å²) < 4.78 is 5.16. The lowest BCUT2D eigenvalue weighted by molar-refractivity contribution is 0.0588. The van der Waals surface area contributed by atoms with Crippen LogP contribution in [0.3, 0.4) is 0 Å². The second kappa shape index (κ2) is 5.33. The summed E-state index contributed by atoms with van der Waals surface area (Å²) in [7, 11) is 0. The summed E-state index contributed by atoms with van der Waals surface area (Å²) in [5.41, 5.74) is 1.18. The van der Waals surface area contributed by atoms with Gasteiger partial charge in [0.25, 0.3) is 0 Å². The normalized spacial score (nSPS) is 20.3. The third-order valence-corrected chi connectivity index (χ3v) is 2.23. The molecule has 1 rings (SSSR count). The van der Waals surface area contributed by atoms with Gasteiger partial charge in [0.2, 0.25) is 0 Å². The van der Waals surface area contributed by atoms with Crippen LogP contribution in [0.25, 0.3) is 0 Å². The maximum atomic E-state index is 9.61. The SMILES string of the molecule is CCOCC(O)C1=CCCCC1. The monoisotopic (exact) mass is 170 g/mol. The molecule has 1 aliphatic carbocycles. The third-order valence-electron chi connectivity index (χ3n) is 2.23. The highest BCUT2D eigenvalue weighted by Gasteiger charge is 2.12. The van der Waals surface area contributed by atoms with Crippen LogP contribution in [-0.2, 0) is 4.74 Å². The molecule has 2 heteroatoms. The molecule has 12 heavy (non-hydrogen) atoms. The maximum absolute atomic E-state index is 9.61. The zero-order valence-electron chi connectivity index (χ0n) is 7.75. The smallest absolute Gasteiger partial charge is 0.0983 e. The van der Waals surface area contributed by atoms with Crippen LogP contribution in [0.5, 0.6) is 0 Å². The van der Waals surface area contributed by atoms with E-state index in [2.05, 4.69) is 6.08 Å². The molecule has 1 N–H and O–H groups in total. The summed E-state index contributed by atoms with van der Waals surface area (Å²) in [6, 6.07) is 0. The number of ether oxygens (including phenoxy) is 1. The van der Waals surface area contributed by atoms with Gasteiger partial charge in [0, 0.05) is 6.61 Å². The Labute approximate surface area is 74.2 Å². The fourth-order valence-corrected chi connectivity index (χ4v) is 1.50. The Morgan fingerprint density at radius 1 is 1.58 bits per heavy atom. The zero-order valence-corrected chi connectivity index (χ0v) is 7.75. The van der Waals surface area contributed by atoms with Gasteiger partial charge in [0.1, 0.15) is 0 Å². The molecular formula is C10H18O2. The van der Waals surface area contributed by atoms with E-state index in [-0.39, 0.29) is 6.10 Å². The highest BCUT2D eigenvalue weighted by molar-refractivity contribution is 5.10. The number of hydrogen-bond acceptors (Lipinski definition) is 2. The second-order valence-electron chi connectivity index (χ2n) is 3.20. The van der Waals surface area contributed by atoms with Crippen LogP contribution in [-0.4, -0.2) is 24.4 Å². The molecule has 0 radical (unpaired) electrons. The average Bonchev–Trinajstić information content (AvgIpc) is 2.15. The fraction of sp³-hybridized carbons (Fsp3) is 0.800. The number of hydrogen-bond donors (Lipinski definition) is 1. The summed E-state index contributed by atoms with van der Waals surface area (Å²) in [6.07, 6.45) is 6.46. The van der Waals surface area contributed by atoms with Crippen molar-refractivity contribution in [2.45, 2.75) is 38.7 Å². The first kappa shape index (κ1) is 9.75. The second-order valence-corrected chi connectivity index (χ2v) is 3.20. The molecule has 0 aromatic rings. The van der Waals surface area contributed by atoms with Crippen molar-refractivity contribution < 1.29 is 9.84 Å². The molecule has 0 aromatic carbocycles. The van der Waals surface area contributed by atoms with Crippen molar-refractivity contribution in [2.75, 3.05) is 13.2 Å². The van der Waals surface area contributed by atoms with Crippen LogP contribution in [0, 0.1) is 0 Å². The van der Waals surface area contributed by atoms with Crippen molar-refractivity contribution in [3.8, 4) is 0 Å². The van der Waals surface area contributed by atoms with Crippen LogP contribution < -0.4 is 0 Å². The van der Waals surface area contributed by atoms with E-state index in [0.717, 1.165) is 12.8 Å². The minimum Gasteiger partial charge on any atom is -0.386 e. The van der Waals surface area contributed by atoms with Gasteiger partial charge in [-0.3, -0.25) is 0 Å². The maximum Gasteiger partial charge on any atom is 0.0983 e. The first-order valence-corrected chi connectivity index (χ1v) is 4.79. The van der Waals surface area contributed by atoms with Crippen molar-refractivity contribution in [3.05, 3.63) is 11.6 Å². The summed E-state index contributed by atoms with van der Waals surface area (Å²) in [4.78, 5) is 0. The summed E-state index contributed by atoms with van der Waals surface area (Å²) in [6.45, 7) is 3.09. The number of allylic oxidation sites excluding steroid dienone is 1. The molecule has 1 unspecified atom stereocenters. The van der Waals surface area contributed by atoms with Gasteiger partial charge in [-0.1, -0.05) is 6.08 Å². The highest BCUT2D eigenvalue weighted by atomic mass is 16.5. The van der Waals surface area contributed by atoms with Crippen LogP contribution in [0.2, 0.25) is 0 Å². The molecule has 0 fully saturated rings. The Kier molecular flexibility index (Phi) is 4.33. The molecule has 2 nitrogen and oxygen atoms in total. The predicted octanol–water partition coefficient (Wildman–Crippen LogP) is 1.88. The van der Waals surface area contributed by atoms with Gasteiger partial charge in [-0.2, -0.15) is 0 Å². The minimum atomic E-state index is -0.356. The van der Waals surface area contributed by atoms with Gasteiger partial charge < -0.3 is 9.84 Å². The van der Waals surface area contributed by atoms with E-state index < -0.39 is 0 Å². The van der Waals surface area contributed by atoms with Crippen molar-refractivity contribution in [3.63, 3.8) is 0 Å². The van der Waals surface area contributed by atoms with Crippen LogP contribution in [0.4, 0.5) is 0 Å². The van der Waals surface area contributed by atoms with Crippen LogP contribution in [0.1, 0.15) is 32.6 Å². The van der Waals surface area contributed by atoms with Gasteiger partial charge in [0.05, 0.1) is 12.7 Å². The molecule has 0 heterocycles. The van der Waals surface area contributed by atoms with Gasteiger partial charge in [-0.15, -0.1) is 0 Å². The fourth-order valence-electron chi connectivity index (χ4n) is 1.50. The predicted molar refractivity (Wildman–Crippen MR) is 49.1 cm³/mol. The molecular weight excluding hydrogens is 152 g/mol. The topological polar surface area (TPSA) is 29.5 Å². The van der Waals surface area contributed by atoms with E-state index >= 15 is 0 Å². The molecule has 1 atom stereocenters. The van der Waals surface area contributed by atoms with Crippen LogP contribution in [0.15, 0.2) is 11.6 Å². The van der Waals surface area contributed by atoms with Crippen LogP contribution >= 0.6 is 0 Å². The van der Waals surface area contributed by atoms with E-state index in [0.29, 0.717) is 13.2 Å². The molecule has 0 saturated carbocycles. The largest absolute Gasteiger partial charge is 0.386 e. The van der Waals surface area contributed by atoms with Gasteiger partial charge >= 0.3 is 0 Å². The molecule has 70 valence electrons. The van der Waals surface area contributed by atoms with Gasteiger partial charge in [-0.05, 0) is 38.2 Å². The average molecular weight is 170 g/mol. The summed E-state index contributed by atoms with van der Waals surface area (Å²) >= 11 is 0. The van der Waals surface area contributed by atoms with Crippen molar-refractivity contribution in [1.82, 2.24) is 0 Å². The molecule has 0 amide bonds. The van der Waals surface area contributed by atoms with Gasteiger partial charge in [0.15, 0.2) is 0 Å². The van der Waals surface area contributed by atoms with Crippen molar-refractivity contribution >= 4 is 0 Å².